The van der Waals surface area contributed by atoms with Crippen LogP contribution in [0.1, 0.15) is 23.0 Å². The first-order valence-electron chi connectivity index (χ1n) is 9.22. The van der Waals surface area contributed by atoms with E-state index in [4.69, 9.17) is 4.42 Å². The fourth-order valence-electron chi connectivity index (χ4n) is 2.52. The summed E-state index contributed by atoms with van der Waals surface area (Å²) in [6, 6.07) is 15.0. The number of hydrogen-bond acceptors (Lipinski definition) is 6. The number of amides is 1. The zero-order chi connectivity index (χ0) is 22.5. The topological polar surface area (TPSA) is 135 Å². The molecule has 0 saturated heterocycles. The molecular formula is C20H21N3O6S2. The van der Waals surface area contributed by atoms with E-state index in [1.165, 1.54) is 49.6 Å². The van der Waals surface area contributed by atoms with Crippen molar-refractivity contribution >= 4 is 37.3 Å². The summed E-state index contributed by atoms with van der Waals surface area (Å²) in [5.74, 6) is -0.00211. The van der Waals surface area contributed by atoms with Crippen molar-refractivity contribution in [1.29, 1.82) is 0 Å². The average Bonchev–Trinajstić information content (AvgIpc) is 3.27. The molecular weight excluding hydrogens is 442 g/mol. The van der Waals surface area contributed by atoms with Gasteiger partial charge in [-0.1, -0.05) is 0 Å². The van der Waals surface area contributed by atoms with Crippen molar-refractivity contribution in [3.05, 3.63) is 78.3 Å². The third-order valence-electron chi connectivity index (χ3n) is 4.24. The Hall–Kier alpha value is -3.15. The molecule has 31 heavy (non-hydrogen) atoms. The molecule has 0 aliphatic carbocycles. The second-order valence-corrected chi connectivity index (χ2v) is 10.2. The normalized spacial score (nSPS) is 11.8. The maximum absolute atomic E-state index is 12.4. The van der Waals surface area contributed by atoms with E-state index in [2.05, 4.69) is 14.8 Å². The highest BCUT2D eigenvalue weighted by molar-refractivity contribution is 7.92. The first kappa shape index (κ1) is 22.5. The zero-order valence-corrected chi connectivity index (χ0v) is 18.2. The van der Waals surface area contributed by atoms with Crippen LogP contribution in [0.4, 0.5) is 11.4 Å². The smallest absolute Gasteiger partial charge is 0.255 e. The summed E-state index contributed by atoms with van der Waals surface area (Å²) in [6.07, 6.45) is 1.45. The Kier molecular flexibility index (Phi) is 6.78. The lowest BCUT2D eigenvalue weighted by Gasteiger charge is -2.09. The van der Waals surface area contributed by atoms with E-state index in [1.807, 2.05) is 0 Å². The van der Waals surface area contributed by atoms with Crippen molar-refractivity contribution in [2.45, 2.75) is 18.4 Å². The van der Waals surface area contributed by atoms with E-state index in [-0.39, 0.29) is 22.8 Å². The van der Waals surface area contributed by atoms with E-state index < -0.39 is 26.0 Å². The summed E-state index contributed by atoms with van der Waals surface area (Å²) in [4.78, 5) is 12.4. The number of sulfonamides is 2. The largest absolute Gasteiger partial charge is 0.468 e. The molecule has 0 aliphatic heterocycles. The highest BCUT2D eigenvalue weighted by Crippen LogP contribution is 2.17. The molecule has 2 aromatic carbocycles. The van der Waals surface area contributed by atoms with Gasteiger partial charge in [0.2, 0.25) is 20.0 Å². The molecule has 1 heterocycles. The lowest BCUT2D eigenvalue weighted by Crippen LogP contribution is -2.23. The molecule has 0 bridgehead atoms. The minimum atomic E-state index is -3.76. The van der Waals surface area contributed by atoms with Gasteiger partial charge in [-0.15, -0.1) is 0 Å². The third-order valence-corrected chi connectivity index (χ3v) is 6.96. The Morgan fingerprint density at radius 2 is 1.55 bits per heavy atom. The fraction of sp³-hybridized carbons (Fsp3) is 0.150. The number of carbonyl (C=O) groups is 1. The van der Waals surface area contributed by atoms with E-state index in [1.54, 1.807) is 24.3 Å². The molecule has 164 valence electrons. The minimum Gasteiger partial charge on any atom is -0.468 e. The highest BCUT2D eigenvalue weighted by Gasteiger charge is 2.15. The van der Waals surface area contributed by atoms with Crippen molar-refractivity contribution < 1.29 is 26.0 Å². The quantitative estimate of drug-likeness (QED) is 0.447. The van der Waals surface area contributed by atoms with Gasteiger partial charge in [0.05, 0.1) is 23.5 Å². The summed E-state index contributed by atoms with van der Waals surface area (Å²) >= 11 is 0. The van der Waals surface area contributed by atoms with E-state index in [9.17, 15) is 21.6 Å². The molecule has 11 heteroatoms. The monoisotopic (exact) mass is 463 g/mol. The number of anilines is 2. The van der Waals surface area contributed by atoms with Crippen LogP contribution >= 0.6 is 0 Å². The summed E-state index contributed by atoms with van der Waals surface area (Å²) in [6.45, 7) is 1.55. The van der Waals surface area contributed by atoms with Crippen molar-refractivity contribution in [3.63, 3.8) is 0 Å². The molecule has 0 fully saturated rings. The second-order valence-electron chi connectivity index (χ2n) is 6.47. The van der Waals surface area contributed by atoms with Crippen LogP contribution in [0.2, 0.25) is 0 Å². The van der Waals surface area contributed by atoms with Gasteiger partial charge in [-0.3, -0.25) is 9.52 Å². The Bertz CT molecular complexity index is 1240. The number of hydrogen-bond donors (Lipinski definition) is 3. The van der Waals surface area contributed by atoms with Crippen molar-refractivity contribution in [2.24, 2.45) is 0 Å². The maximum Gasteiger partial charge on any atom is 0.255 e. The SMILES string of the molecule is CCS(=O)(=O)Nc1ccc(NC(=O)c2ccc(S(=O)(=O)NCc3ccco3)cc2)cc1. The zero-order valence-electron chi connectivity index (χ0n) is 16.5. The fourth-order valence-corrected chi connectivity index (χ4v) is 4.16. The molecule has 0 radical (unpaired) electrons. The number of carbonyl (C=O) groups excluding carboxylic acids is 1. The molecule has 0 unspecified atom stereocenters. The van der Waals surface area contributed by atoms with Crippen molar-refractivity contribution in [3.8, 4) is 0 Å². The highest BCUT2D eigenvalue weighted by atomic mass is 32.2. The van der Waals surface area contributed by atoms with E-state index >= 15 is 0 Å². The third kappa shape index (κ3) is 6.17. The number of nitrogens with one attached hydrogen (secondary N) is 3. The lowest BCUT2D eigenvalue weighted by atomic mass is 10.2. The van der Waals surface area contributed by atoms with Crippen molar-refractivity contribution in [2.75, 3.05) is 15.8 Å². The van der Waals surface area contributed by atoms with Gasteiger partial charge < -0.3 is 9.73 Å². The van der Waals surface area contributed by atoms with Crippen molar-refractivity contribution in [1.82, 2.24) is 4.72 Å². The Morgan fingerprint density at radius 1 is 0.903 bits per heavy atom. The molecule has 0 atom stereocenters. The first-order valence-corrected chi connectivity index (χ1v) is 12.4. The molecule has 0 aliphatic rings. The van der Waals surface area contributed by atoms with Crippen LogP contribution in [0.25, 0.3) is 0 Å². The standard InChI is InChI=1S/C20H21N3O6S2/c1-2-30(25,26)23-17-9-7-16(8-10-17)22-20(24)15-5-11-19(12-6-15)31(27,28)21-14-18-4-3-13-29-18/h3-13,21,23H,2,14H2,1H3,(H,22,24). The molecule has 0 spiro atoms. The van der Waals surface area contributed by atoms with Gasteiger partial charge in [-0.05, 0) is 67.6 Å². The van der Waals surface area contributed by atoms with Gasteiger partial charge in [0.15, 0.2) is 0 Å². The number of furan rings is 1. The summed E-state index contributed by atoms with van der Waals surface area (Å²) < 4.78 is 57.8. The molecule has 3 rings (SSSR count). The number of rotatable bonds is 9. The summed E-state index contributed by atoms with van der Waals surface area (Å²) in [7, 11) is -7.14. The van der Waals surface area contributed by atoms with E-state index in [0.29, 0.717) is 17.1 Å². The Balaban J connectivity index is 1.62. The summed E-state index contributed by atoms with van der Waals surface area (Å²) in [5.41, 5.74) is 1.11. The predicted octanol–water partition coefficient (Wildman–Crippen LogP) is 2.77. The molecule has 3 aromatic rings. The predicted molar refractivity (Wildman–Crippen MR) is 117 cm³/mol. The van der Waals surface area contributed by atoms with Gasteiger partial charge in [0, 0.05) is 16.9 Å². The van der Waals surface area contributed by atoms with Crippen LogP contribution in [-0.4, -0.2) is 28.5 Å². The van der Waals surface area contributed by atoms with E-state index in [0.717, 1.165) is 0 Å². The van der Waals surface area contributed by atoms with Gasteiger partial charge in [0.25, 0.3) is 5.91 Å². The number of benzene rings is 2. The molecule has 1 aromatic heterocycles. The Morgan fingerprint density at radius 3 is 2.13 bits per heavy atom. The van der Waals surface area contributed by atoms with Crippen LogP contribution in [0.5, 0.6) is 0 Å². The van der Waals surface area contributed by atoms with Gasteiger partial charge >= 0.3 is 0 Å². The molecule has 9 nitrogen and oxygen atoms in total. The molecule has 3 N–H and O–H groups in total. The molecule has 1 amide bonds. The van der Waals surface area contributed by atoms with Crippen LogP contribution in [-0.2, 0) is 26.6 Å². The minimum absolute atomic E-state index is 0.0159. The first-order chi connectivity index (χ1) is 14.7. The lowest BCUT2D eigenvalue weighted by molar-refractivity contribution is 0.102. The summed E-state index contributed by atoms with van der Waals surface area (Å²) in [5, 5.41) is 2.67. The van der Waals surface area contributed by atoms with Crippen LogP contribution < -0.4 is 14.8 Å². The molecule has 0 saturated carbocycles. The average molecular weight is 464 g/mol. The Labute approximate surface area is 180 Å². The van der Waals surface area contributed by atoms with Gasteiger partial charge in [0.1, 0.15) is 5.76 Å². The van der Waals surface area contributed by atoms with Gasteiger partial charge in [-0.2, -0.15) is 0 Å². The van der Waals surface area contributed by atoms with Crippen LogP contribution in [0.15, 0.2) is 76.2 Å². The van der Waals surface area contributed by atoms with Gasteiger partial charge in [-0.25, -0.2) is 21.6 Å². The van der Waals surface area contributed by atoms with Crippen LogP contribution in [0, 0.1) is 0 Å². The van der Waals surface area contributed by atoms with Crippen LogP contribution in [0.3, 0.4) is 0 Å². The maximum atomic E-state index is 12.4. The second kappa shape index (κ2) is 9.33.